The van der Waals surface area contributed by atoms with Crippen molar-refractivity contribution in [2.45, 2.75) is 39.2 Å². The van der Waals surface area contributed by atoms with Crippen molar-refractivity contribution in [2.75, 3.05) is 18.0 Å². The van der Waals surface area contributed by atoms with Gasteiger partial charge in [-0.1, -0.05) is 12.1 Å². The monoisotopic (exact) mass is 246 g/mol. The van der Waals surface area contributed by atoms with Crippen molar-refractivity contribution in [1.82, 2.24) is 5.32 Å². The van der Waals surface area contributed by atoms with Crippen LogP contribution in [0.1, 0.15) is 32.3 Å². The summed E-state index contributed by atoms with van der Waals surface area (Å²) in [7, 11) is 0. The topological polar surface area (TPSA) is 32.3 Å². The average Bonchev–Trinajstić information content (AvgIpc) is 2.31. The lowest BCUT2D eigenvalue weighted by molar-refractivity contribution is -0.124. The maximum absolute atomic E-state index is 12.6. The molecule has 1 aromatic carbocycles. The molecule has 1 fully saturated rings. The van der Waals surface area contributed by atoms with Gasteiger partial charge in [0.05, 0.1) is 5.54 Å². The summed E-state index contributed by atoms with van der Waals surface area (Å²) in [6.07, 6.45) is 2.15. The van der Waals surface area contributed by atoms with E-state index in [0.717, 1.165) is 31.6 Å². The second-order valence-corrected chi connectivity index (χ2v) is 5.55. The SMILES string of the molecule is Cc1cccc(N2CCCCNC(C)(C)C2=O)c1. The summed E-state index contributed by atoms with van der Waals surface area (Å²) in [5, 5.41) is 3.33. The lowest BCUT2D eigenvalue weighted by Gasteiger charge is -2.35. The fourth-order valence-electron chi connectivity index (χ4n) is 2.35. The molecule has 3 nitrogen and oxygen atoms in total. The van der Waals surface area contributed by atoms with Crippen LogP contribution in [0.4, 0.5) is 5.69 Å². The Morgan fingerprint density at radius 2 is 2.06 bits per heavy atom. The first kappa shape index (κ1) is 13.1. The molecule has 3 heteroatoms. The molecule has 0 aromatic heterocycles. The van der Waals surface area contributed by atoms with Crippen molar-refractivity contribution in [3.8, 4) is 0 Å². The molecular weight excluding hydrogens is 224 g/mol. The van der Waals surface area contributed by atoms with Crippen LogP contribution in [-0.4, -0.2) is 24.5 Å². The summed E-state index contributed by atoms with van der Waals surface area (Å²) in [5.41, 5.74) is 1.72. The smallest absolute Gasteiger partial charge is 0.246 e. The number of rotatable bonds is 1. The minimum Gasteiger partial charge on any atom is -0.311 e. The van der Waals surface area contributed by atoms with E-state index in [2.05, 4.69) is 24.4 Å². The van der Waals surface area contributed by atoms with Crippen molar-refractivity contribution < 1.29 is 4.79 Å². The van der Waals surface area contributed by atoms with Gasteiger partial charge in [-0.25, -0.2) is 0 Å². The van der Waals surface area contributed by atoms with Gasteiger partial charge in [-0.2, -0.15) is 0 Å². The van der Waals surface area contributed by atoms with E-state index in [0.29, 0.717) is 0 Å². The Labute approximate surface area is 109 Å². The number of hydrogen-bond acceptors (Lipinski definition) is 2. The quantitative estimate of drug-likeness (QED) is 0.825. The van der Waals surface area contributed by atoms with Crippen molar-refractivity contribution in [3.05, 3.63) is 29.8 Å². The third kappa shape index (κ3) is 2.72. The van der Waals surface area contributed by atoms with Crippen LogP contribution in [0.15, 0.2) is 24.3 Å². The lowest BCUT2D eigenvalue weighted by Crippen LogP contribution is -2.56. The van der Waals surface area contributed by atoms with E-state index in [-0.39, 0.29) is 5.91 Å². The van der Waals surface area contributed by atoms with Crippen LogP contribution < -0.4 is 10.2 Å². The summed E-state index contributed by atoms with van der Waals surface area (Å²) in [6, 6.07) is 8.16. The first-order valence-corrected chi connectivity index (χ1v) is 6.64. The molecule has 0 saturated carbocycles. The highest BCUT2D eigenvalue weighted by atomic mass is 16.2. The molecule has 1 N–H and O–H groups in total. The summed E-state index contributed by atoms with van der Waals surface area (Å²) in [6.45, 7) is 7.71. The Bertz CT molecular complexity index is 440. The van der Waals surface area contributed by atoms with E-state index in [1.807, 2.05) is 30.9 Å². The standard InChI is InChI=1S/C15H22N2O/c1-12-7-6-8-13(11-12)17-10-5-4-9-16-15(2,3)14(17)18/h6-8,11,16H,4-5,9-10H2,1-3H3. The minimum absolute atomic E-state index is 0.160. The number of anilines is 1. The Balaban J connectivity index is 2.31. The van der Waals surface area contributed by atoms with Crippen molar-refractivity contribution >= 4 is 11.6 Å². The van der Waals surface area contributed by atoms with Crippen LogP contribution in [0.3, 0.4) is 0 Å². The number of carbonyl (C=O) groups excluding carboxylic acids is 1. The Morgan fingerprint density at radius 1 is 1.28 bits per heavy atom. The number of aryl methyl sites for hydroxylation is 1. The fraction of sp³-hybridized carbons (Fsp3) is 0.533. The predicted octanol–water partition coefficient (Wildman–Crippen LogP) is 2.49. The number of benzene rings is 1. The number of nitrogens with zero attached hydrogens (tertiary/aromatic N) is 1. The molecule has 1 aliphatic rings. The van der Waals surface area contributed by atoms with Gasteiger partial charge in [-0.3, -0.25) is 4.79 Å². The maximum Gasteiger partial charge on any atom is 0.246 e. The lowest BCUT2D eigenvalue weighted by atomic mass is 10.00. The highest BCUT2D eigenvalue weighted by Crippen LogP contribution is 2.22. The number of carbonyl (C=O) groups is 1. The Hall–Kier alpha value is -1.35. The molecule has 1 aromatic rings. The average molecular weight is 246 g/mol. The zero-order chi connectivity index (χ0) is 13.2. The maximum atomic E-state index is 12.6. The summed E-state index contributed by atoms with van der Waals surface area (Å²) in [5.74, 6) is 0.160. The molecule has 1 saturated heterocycles. The van der Waals surface area contributed by atoms with Crippen molar-refractivity contribution in [2.24, 2.45) is 0 Å². The molecule has 18 heavy (non-hydrogen) atoms. The van der Waals surface area contributed by atoms with Gasteiger partial charge in [0.15, 0.2) is 0 Å². The van der Waals surface area contributed by atoms with Crippen molar-refractivity contribution in [1.29, 1.82) is 0 Å². The zero-order valence-electron chi connectivity index (χ0n) is 11.5. The predicted molar refractivity (Wildman–Crippen MR) is 74.8 cm³/mol. The normalized spacial score (nSPS) is 20.4. The fourth-order valence-corrected chi connectivity index (χ4v) is 2.35. The molecule has 2 rings (SSSR count). The molecule has 0 spiro atoms. The molecule has 0 bridgehead atoms. The molecule has 1 amide bonds. The second kappa shape index (κ2) is 5.11. The first-order valence-electron chi connectivity index (χ1n) is 6.64. The van der Waals surface area contributed by atoms with Crippen LogP contribution in [0, 0.1) is 6.92 Å². The van der Waals surface area contributed by atoms with E-state index >= 15 is 0 Å². The van der Waals surface area contributed by atoms with E-state index in [4.69, 9.17) is 0 Å². The third-order valence-corrected chi connectivity index (χ3v) is 3.47. The van der Waals surface area contributed by atoms with E-state index < -0.39 is 5.54 Å². The highest BCUT2D eigenvalue weighted by molar-refractivity contribution is 5.99. The summed E-state index contributed by atoms with van der Waals surface area (Å²) >= 11 is 0. The minimum atomic E-state index is -0.482. The summed E-state index contributed by atoms with van der Waals surface area (Å²) < 4.78 is 0. The van der Waals surface area contributed by atoms with Gasteiger partial charge in [0.25, 0.3) is 0 Å². The van der Waals surface area contributed by atoms with Gasteiger partial charge in [-0.05, 0) is 57.9 Å². The number of nitrogens with one attached hydrogen (secondary N) is 1. The van der Waals surface area contributed by atoms with Crippen LogP contribution in [-0.2, 0) is 4.79 Å². The van der Waals surface area contributed by atoms with Crippen LogP contribution in [0.2, 0.25) is 0 Å². The van der Waals surface area contributed by atoms with Crippen molar-refractivity contribution in [3.63, 3.8) is 0 Å². The second-order valence-electron chi connectivity index (χ2n) is 5.55. The molecule has 1 heterocycles. The van der Waals surface area contributed by atoms with Gasteiger partial charge in [0.2, 0.25) is 5.91 Å². The highest BCUT2D eigenvalue weighted by Gasteiger charge is 2.33. The largest absolute Gasteiger partial charge is 0.311 e. The number of hydrogen-bond donors (Lipinski definition) is 1. The van der Waals surface area contributed by atoms with Crippen LogP contribution >= 0.6 is 0 Å². The molecule has 98 valence electrons. The van der Waals surface area contributed by atoms with E-state index in [9.17, 15) is 4.79 Å². The number of amides is 1. The Kier molecular flexibility index (Phi) is 3.71. The van der Waals surface area contributed by atoms with Gasteiger partial charge in [0.1, 0.15) is 0 Å². The van der Waals surface area contributed by atoms with Crippen LogP contribution in [0.25, 0.3) is 0 Å². The van der Waals surface area contributed by atoms with Gasteiger partial charge in [-0.15, -0.1) is 0 Å². The molecule has 0 unspecified atom stereocenters. The third-order valence-electron chi connectivity index (χ3n) is 3.47. The van der Waals surface area contributed by atoms with Gasteiger partial charge < -0.3 is 10.2 Å². The molecule has 0 atom stereocenters. The van der Waals surface area contributed by atoms with E-state index in [1.165, 1.54) is 5.56 Å². The van der Waals surface area contributed by atoms with Gasteiger partial charge >= 0.3 is 0 Å². The summed E-state index contributed by atoms with van der Waals surface area (Å²) in [4.78, 5) is 14.5. The molecule has 0 radical (unpaired) electrons. The first-order chi connectivity index (χ1) is 8.50. The molecule has 0 aliphatic carbocycles. The molecular formula is C15H22N2O. The zero-order valence-corrected chi connectivity index (χ0v) is 11.5. The molecule has 1 aliphatic heterocycles. The van der Waals surface area contributed by atoms with E-state index in [1.54, 1.807) is 0 Å². The van der Waals surface area contributed by atoms with Gasteiger partial charge in [0, 0.05) is 12.2 Å². The Morgan fingerprint density at radius 3 is 2.78 bits per heavy atom. The van der Waals surface area contributed by atoms with Crippen LogP contribution in [0.5, 0.6) is 0 Å².